The van der Waals surface area contributed by atoms with Crippen LogP contribution in [0, 0.1) is 11.7 Å². The fourth-order valence-electron chi connectivity index (χ4n) is 1.87. The average molecular weight is 208 g/mol. The van der Waals surface area contributed by atoms with E-state index >= 15 is 0 Å². The summed E-state index contributed by atoms with van der Waals surface area (Å²) in [4.78, 5) is 0. The molecule has 0 unspecified atom stereocenters. The summed E-state index contributed by atoms with van der Waals surface area (Å²) in [5.74, 6) is 0.595. The van der Waals surface area contributed by atoms with Crippen molar-refractivity contribution in [1.82, 2.24) is 0 Å². The molecule has 1 fully saturated rings. The van der Waals surface area contributed by atoms with Gasteiger partial charge in [-0.3, -0.25) is 0 Å². The van der Waals surface area contributed by atoms with Crippen LogP contribution in [0.5, 0.6) is 0 Å². The lowest BCUT2D eigenvalue weighted by atomic mass is 9.83. The highest BCUT2D eigenvalue weighted by molar-refractivity contribution is 5.52. The minimum absolute atomic E-state index is 0.261. The lowest BCUT2D eigenvalue weighted by Gasteiger charge is -2.25. The summed E-state index contributed by atoms with van der Waals surface area (Å²) in [6.07, 6.45) is 5.18. The van der Waals surface area contributed by atoms with Gasteiger partial charge < -0.3 is 11.1 Å². The van der Waals surface area contributed by atoms with E-state index in [0.29, 0.717) is 11.4 Å². The third kappa shape index (κ3) is 2.61. The Morgan fingerprint density at radius 1 is 1.40 bits per heavy atom. The molecule has 1 saturated carbocycles. The monoisotopic (exact) mass is 208 g/mol. The van der Waals surface area contributed by atoms with Crippen molar-refractivity contribution in [2.75, 3.05) is 17.6 Å². The normalized spacial score (nSPS) is 16.1. The van der Waals surface area contributed by atoms with Crippen LogP contribution in [-0.4, -0.2) is 6.54 Å². The molecule has 0 aromatic heterocycles. The molecule has 0 bridgehead atoms. The van der Waals surface area contributed by atoms with Crippen LogP contribution >= 0.6 is 0 Å². The first-order chi connectivity index (χ1) is 7.25. The number of benzene rings is 1. The number of hydrogen-bond donors (Lipinski definition) is 2. The van der Waals surface area contributed by atoms with Gasteiger partial charge in [-0.15, -0.1) is 0 Å². The molecule has 0 spiro atoms. The minimum atomic E-state index is -0.261. The standard InChI is InChI=1S/C12H17FN2/c13-11-8-10(14)4-5-12(11)15-7-6-9-2-1-3-9/h4-5,8-9,15H,1-3,6-7,14H2. The molecule has 0 atom stereocenters. The number of rotatable bonds is 4. The smallest absolute Gasteiger partial charge is 0.148 e. The van der Waals surface area contributed by atoms with Crippen molar-refractivity contribution in [2.24, 2.45) is 5.92 Å². The fourth-order valence-corrected chi connectivity index (χ4v) is 1.87. The Hall–Kier alpha value is -1.25. The number of hydrogen-bond acceptors (Lipinski definition) is 2. The Bertz CT molecular complexity index is 334. The van der Waals surface area contributed by atoms with Gasteiger partial charge in [0.2, 0.25) is 0 Å². The van der Waals surface area contributed by atoms with Crippen molar-refractivity contribution in [3.05, 3.63) is 24.0 Å². The first-order valence-corrected chi connectivity index (χ1v) is 5.54. The van der Waals surface area contributed by atoms with E-state index in [1.165, 1.54) is 25.3 Å². The molecule has 15 heavy (non-hydrogen) atoms. The molecule has 2 rings (SSSR count). The lowest BCUT2D eigenvalue weighted by molar-refractivity contribution is 0.303. The highest BCUT2D eigenvalue weighted by Crippen LogP contribution is 2.29. The molecule has 1 aromatic rings. The third-order valence-corrected chi connectivity index (χ3v) is 3.09. The summed E-state index contributed by atoms with van der Waals surface area (Å²) >= 11 is 0. The number of nitrogens with two attached hydrogens (primary N) is 1. The topological polar surface area (TPSA) is 38.0 Å². The summed E-state index contributed by atoms with van der Waals surface area (Å²) in [7, 11) is 0. The molecule has 1 aromatic carbocycles. The second-order valence-corrected chi connectivity index (χ2v) is 4.25. The van der Waals surface area contributed by atoms with E-state index in [4.69, 9.17) is 5.73 Å². The van der Waals surface area contributed by atoms with Gasteiger partial charge in [-0.25, -0.2) is 4.39 Å². The highest BCUT2D eigenvalue weighted by Gasteiger charge is 2.16. The Morgan fingerprint density at radius 3 is 2.80 bits per heavy atom. The molecule has 0 amide bonds. The molecular weight excluding hydrogens is 191 g/mol. The largest absolute Gasteiger partial charge is 0.399 e. The van der Waals surface area contributed by atoms with Crippen molar-refractivity contribution in [3.8, 4) is 0 Å². The van der Waals surface area contributed by atoms with Crippen molar-refractivity contribution < 1.29 is 4.39 Å². The zero-order chi connectivity index (χ0) is 10.7. The van der Waals surface area contributed by atoms with Crippen molar-refractivity contribution in [2.45, 2.75) is 25.7 Å². The van der Waals surface area contributed by atoms with Gasteiger partial charge >= 0.3 is 0 Å². The summed E-state index contributed by atoms with van der Waals surface area (Å²) in [5.41, 5.74) is 6.50. The molecule has 82 valence electrons. The number of nitrogens with one attached hydrogen (secondary N) is 1. The van der Waals surface area contributed by atoms with E-state index in [1.54, 1.807) is 12.1 Å². The van der Waals surface area contributed by atoms with Crippen LogP contribution < -0.4 is 11.1 Å². The Kier molecular flexibility index (Phi) is 3.09. The van der Waals surface area contributed by atoms with Crippen LogP contribution in [0.1, 0.15) is 25.7 Å². The molecule has 0 heterocycles. The maximum absolute atomic E-state index is 13.3. The minimum Gasteiger partial charge on any atom is -0.399 e. The average Bonchev–Trinajstić information content (AvgIpc) is 2.12. The summed E-state index contributed by atoms with van der Waals surface area (Å²) in [6, 6.07) is 4.77. The second kappa shape index (κ2) is 4.51. The van der Waals surface area contributed by atoms with Gasteiger partial charge in [-0.1, -0.05) is 19.3 Å². The molecule has 3 heteroatoms. The van der Waals surface area contributed by atoms with Crippen molar-refractivity contribution in [3.63, 3.8) is 0 Å². The van der Waals surface area contributed by atoms with E-state index in [-0.39, 0.29) is 5.82 Å². The van der Waals surface area contributed by atoms with Gasteiger partial charge in [0, 0.05) is 12.2 Å². The SMILES string of the molecule is Nc1ccc(NCCC2CCC2)c(F)c1. The molecule has 2 nitrogen and oxygen atoms in total. The predicted octanol–water partition coefficient (Wildman–Crippen LogP) is 3.01. The number of halogens is 1. The van der Waals surface area contributed by atoms with E-state index < -0.39 is 0 Å². The van der Waals surface area contributed by atoms with Gasteiger partial charge in [0.15, 0.2) is 0 Å². The van der Waals surface area contributed by atoms with E-state index in [9.17, 15) is 4.39 Å². The third-order valence-electron chi connectivity index (χ3n) is 3.09. The summed E-state index contributed by atoms with van der Waals surface area (Å²) < 4.78 is 13.3. The zero-order valence-corrected chi connectivity index (χ0v) is 8.80. The van der Waals surface area contributed by atoms with Gasteiger partial charge in [0.1, 0.15) is 5.82 Å². The van der Waals surface area contributed by atoms with Crippen LogP contribution in [0.3, 0.4) is 0 Å². The molecular formula is C12H17FN2. The van der Waals surface area contributed by atoms with Crippen LogP contribution in [0.4, 0.5) is 15.8 Å². The predicted molar refractivity (Wildman–Crippen MR) is 61.3 cm³/mol. The Balaban J connectivity index is 1.81. The van der Waals surface area contributed by atoms with Crippen LogP contribution in [0.15, 0.2) is 18.2 Å². The quantitative estimate of drug-likeness (QED) is 0.746. The zero-order valence-electron chi connectivity index (χ0n) is 8.80. The Morgan fingerprint density at radius 2 is 2.20 bits per heavy atom. The van der Waals surface area contributed by atoms with E-state index in [0.717, 1.165) is 18.9 Å². The summed E-state index contributed by atoms with van der Waals surface area (Å²) in [5, 5.41) is 3.11. The second-order valence-electron chi connectivity index (χ2n) is 4.25. The molecule has 0 saturated heterocycles. The van der Waals surface area contributed by atoms with Gasteiger partial charge in [-0.2, -0.15) is 0 Å². The summed E-state index contributed by atoms with van der Waals surface area (Å²) in [6.45, 7) is 0.853. The molecule has 1 aliphatic carbocycles. The van der Waals surface area contributed by atoms with Crippen LogP contribution in [-0.2, 0) is 0 Å². The Labute approximate surface area is 89.7 Å². The van der Waals surface area contributed by atoms with Crippen molar-refractivity contribution >= 4 is 11.4 Å². The van der Waals surface area contributed by atoms with E-state index in [2.05, 4.69) is 5.32 Å². The molecule has 1 aliphatic rings. The van der Waals surface area contributed by atoms with E-state index in [1.807, 2.05) is 0 Å². The first kappa shape index (κ1) is 10.3. The maximum atomic E-state index is 13.3. The van der Waals surface area contributed by atoms with Crippen LogP contribution in [0.25, 0.3) is 0 Å². The van der Waals surface area contributed by atoms with Gasteiger partial charge in [0.05, 0.1) is 5.69 Å². The van der Waals surface area contributed by atoms with Crippen LogP contribution in [0.2, 0.25) is 0 Å². The number of nitrogen functional groups attached to an aromatic ring is 1. The molecule has 0 radical (unpaired) electrons. The lowest BCUT2D eigenvalue weighted by Crippen LogP contribution is -2.15. The first-order valence-electron chi connectivity index (χ1n) is 5.54. The van der Waals surface area contributed by atoms with Crippen molar-refractivity contribution in [1.29, 1.82) is 0 Å². The maximum Gasteiger partial charge on any atom is 0.148 e. The number of anilines is 2. The van der Waals surface area contributed by atoms with Gasteiger partial charge in [0.25, 0.3) is 0 Å². The van der Waals surface area contributed by atoms with Gasteiger partial charge in [-0.05, 0) is 30.5 Å². The molecule has 3 N–H and O–H groups in total. The fraction of sp³-hybridized carbons (Fsp3) is 0.500. The molecule has 0 aliphatic heterocycles. The highest BCUT2D eigenvalue weighted by atomic mass is 19.1.